The minimum absolute atomic E-state index is 0.0638. The highest BCUT2D eigenvalue weighted by molar-refractivity contribution is 7.90. The van der Waals surface area contributed by atoms with E-state index in [1.807, 2.05) is 0 Å². The number of halogens is 2. The number of anilines is 1. The lowest BCUT2D eigenvalue weighted by atomic mass is 10.3. The van der Waals surface area contributed by atoms with Gasteiger partial charge in [0.2, 0.25) is 0 Å². The average Bonchev–Trinajstić information content (AvgIpc) is 2.36. The standard InChI is InChI=1S/C13H11ClFNO3S/c1-20(17,18)8-5-6-11(10(16)7-8)19-12-4-2-3-9(14)13(12)15/h2-7H,16H2,1H3. The largest absolute Gasteiger partial charge is 0.452 e. The quantitative estimate of drug-likeness (QED) is 0.883. The van der Waals surface area contributed by atoms with E-state index in [0.29, 0.717) is 0 Å². The van der Waals surface area contributed by atoms with Crippen LogP contribution in [0.4, 0.5) is 10.1 Å². The molecule has 0 fully saturated rings. The summed E-state index contributed by atoms with van der Waals surface area (Å²) in [5.41, 5.74) is 5.80. The van der Waals surface area contributed by atoms with Crippen LogP contribution in [0.25, 0.3) is 0 Å². The Bertz CT molecular complexity index is 762. The van der Waals surface area contributed by atoms with Gasteiger partial charge < -0.3 is 10.5 Å². The third-order valence-electron chi connectivity index (χ3n) is 2.55. The van der Waals surface area contributed by atoms with Gasteiger partial charge in [-0.05, 0) is 30.3 Å². The molecule has 7 heteroatoms. The molecule has 0 bridgehead atoms. The van der Waals surface area contributed by atoms with E-state index >= 15 is 0 Å². The van der Waals surface area contributed by atoms with E-state index < -0.39 is 15.7 Å². The molecule has 0 atom stereocenters. The van der Waals surface area contributed by atoms with Crippen molar-refractivity contribution in [3.05, 3.63) is 47.2 Å². The molecule has 0 aliphatic heterocycles. The topological polar surface area (TPSA) is 69.4 Å². The van der Waals surface area contributed by atoms with Crippen molar-refractivity contribution < 1.29 is 17.5 Å². The molecule has 106 valence electrons. The highest BCUT2D eigenvalue weighted by atomic mass is 35.5. The Hall–Kier alpha value is -1.79. The summed E-state index contributed by atoms with van der Waals surface area (Å²) in [6.07, 6.45) is 1.07. The lowest BCUT2D eigenvalue weighted by Gasteiger charge is -2.10. The number of hydrogen-bond donors (Lipinski definition) is 1. The molecule has 4 nitrogen and oxygen atoms in total. The van der Waals surface area contributed by atoms with E-state index in [1.54, 1.807) is 0 Å². The normalized spacial score (nSPS) is 11.3. The van der Waals surface area contributed by atoms with Crippen LogP contribution in [0.15, 0.2) is 41.3 Å². The molecule has 2 aromatic rings. The Labute approximate surface area is 120 Å². The van der Waals surface area contributed by atoms with Gasteiger partial charge >= 0.3 is 0 Å². The van der Waals surface area contributed by atoms with Crippen molar-refractivity contribution in [1.82, 2.24) is 0 Å². The van der Waals surface area contributed by atoms with Gasteiger partial charge in [-0.2, -0.15) is 0 Å². The van der Waals surface area contributed by atoms with Gasteiger partial charge in [-0.3, -0.25) is 0 Å². The fourth-order valence-electron chi connectivity index (χ4n) is 1.53. The third kappa shape index (κ3) is 3.02. The molecule has 0 radical (unpaired) electrons. The van der Waals surface area contributed by atoms with Gasteiger partial charge in [0, 0.05) is 6.26 Å². The van der Waals surface area contributed by atoms with Crippen molar-refractivity contribution in [2.45, 2.75) is 4.90 Å². The first kappa shape index (κ1) is 14.6. The Morgan fingerprint density at radius 2 is 1.90 bits per heavy atom. The highest BCUT2D eigenvalue weighted by Crippen LogP contribution is 2.32. The first-order valence-corrected chi connectivity index (χ1v) is 7.77. The molecule has 0 unspecified atom stereocenters. The SMILES string of the molecule is CS(=O)(=O)c1ccc(Oc2cccc(Cl)c2F)c(N)c1. The Morgan fingerprint density at radius 1 is 1.20 bits per heavy atom. The summed E-state index contributed by atoms with van der Waals surface area (Å²) >= 11 is 5.64. The number of sulfone groups is 1. The van der Waals surface area contributed by atoms with E-state index in [-0.39, 0.29) is 27.1 Å². The number of ether oxygens (including phenoxy) is 1. The van der Waals surface area contributed by atoms with Crippen LogP contribution in [0.5, 0.6) is 11.5 Å². The highest BCUT2D eigenvalue weighted by Gasteiger charge is 2.13. The van der Waals surface area contributed by atoms with Crippen molar-refractivity contribution >= 4 is 27.1 Å². The predicted octanol–water partition coefficient (Wildman–Crippen LogP) is 3.26. The fraction of sp³-hybridized carbons (Fsp3) is 0.0769. The second-order valence-electron chi connectivity index (χ2n) is 4.13. The first-order chi connectivity index (χ1) is 9.29. The predicted molar refractivity (Wildman–Crippen MR) is 75.4 cm³/mol. The molecule has 20 heavy (non-hydrogen) atoms. The Kier molecular flexibility index (Phi) is 3.87. The summed E-state index contributed by atoms with van der Waals surface area (Å²) in [6, 6.07) is 8.27. The molecule has 0 saturated heterocycles. The molecule has 0 heterocycles. The fourth-order valence-corrected chi connectivity index (χ4v) is 2.35. The molecule has 2 N–H and O–H groups in total. The maximum atomic E-state index is 13.7. The van der Waals surface area contributed by atoms with Gasteiger partial charge in [-0.15, -0.1) is 0 Å². The van der Waals surface area contributed by atoms with Crippen LogP contribution in [-0.4, -0.2) is 14.7 Å². The molecule has 0 aliphatic rings. The molecule has 2 aromatic carbocycles. The van der Waals surface area contributed by atoms with Crippen molar-refractivity contribution in [2.24, 2.45) is 0 Å². The lowest BCUT2D eigenvalue weighted by Crippen LogP contribution is -2.00. The summed E-state index contributed by atoms with van der Waals surface area (Å²) in [5.74, 6) is -0.643. The molecule has 0 spiro atoms. The summed E-state index contributed by atoms with van der Waals surface area (Å²) in [5, 5.41) is -0.0752. The van der Waals surface area contributed by atoms with Crippen LogP contribution in [-0.2, 0) is 9.84 Å². The second-order valence-corrected chi connectivity index (χ2v) is 6.55. The number of rotatable bonds is 3. The zero-order valence-corrected chi connectivity index (χ0v) is 12.0. The van der Waals surface area contributed by atoms with Crippen LogP contribution in [0, 0.1) is 5.82 Å². The van der Waals surface area contributed by atoms with Gasteiger partial charge in [-0.1, -0.05) is 17.7 Å². The number of nitrogens with two attached hydrogens (primary N) is 1. The second kappa shape index (κ2) is 5.30. The van der Waals surface area contributed by atoms with Crippen LogP contribution in [0.1, 0.15) is 0 Å². The maximum Gasteiger partial charge on any atom is 0.184 e. The number of benzene rings is 2. The van der Waals surface area contributed by atoms with Gasteiger partial charge in [0.15, 0.2) is 27.2 Å². The van der Waals surface area contributed by atoms with Crippen LogP contribution < -0.4 is 10.5 Å². The van der Waals surface area contributed by atoms with Gasteiger partial charge in [0.05, 0.1) is 15.6 Å². The first-order valence-electron chi connectivity index (χ1n) is 5.50. The Morgan fingerprint density at radius 3 is 2.50 bits per heavy atom. The van der Waals surface area contributed by atoms with Crippen molar-refractivity contribution in [1.29, 1.82) is 0 Å². The Balaban J connectivity index is 2.38. The molecule has 2 rings (SSSR count). The minimum Gasteiger partial charge on any atom is -0.452 e. The molecule has 0 amide bonds. The van der Waals surface area contributed by atoms with E-state index in [0.717, 1.165) is 6.26 Å². The smallest absolute Gasteiger partial charge is 0.184 e. The van der Waals surface area contributed by atoms with Crippen molar-refractivity contribution in [3.8, 4) is 11.5 Å². The van der Waals surface area contributed by atoms with Gasteiger partial charge in [-0.25, -0.2) is 12.8 Å². The van der Waals surface area contributed by atoms with E-state index in [9.17, 15) is 12.8 Å². The van der Waals surface area contributed by atoms with E-state index in [1.165, 1.54) is 36.4 Å². The van der Waals surface area contributed by atoms with Crippen molar-refractivity contribution in [2.75, 3.05) is 12.0 Å². The number of nitrogen functional groups attached to an aromatic ring is 1. The molecule has 0 aliphatic carbocycles. The molecular formula is C13H11ClFNO3S. The summed E-state index contributed by atoms with van der Waals surface area (Å²) in [4.78, 5) is 0.0638. The zero-order chi connectivity index (χ0) is 14.9. The van der Waals surface area contributed by atoms with Crippen LogP contribution >= 0.6 is 11.6 Å². The van der Waals surface area contributed by atoms with Crippen LogP contribution in [0.3, 0.4) is 0 Å². The zero-order valence-electron chi connectivity index (χ0n) is 10.4. The summed E-state index contributed by atoms with van der Waals surface area (Å²) in [7, 11) is -3.36. The van der Waals surface area contributed by atoms with Gasteiger partial charge in [0.1, 0.15) is 0 Å². The molecular weight excluding hydrogens is 305 g/mol. The van der Waals surface area contributed by atoms with E-state index in [2.05, 4.69) is 0 Å². The van der Waals surface area contributed by atoms with Gasteiger partial charge in [0.25, 0.3) is 0 Å². The van der Waals surface area contributed by atoms with E-state index in [4.69, 9.17) is 22.1 Å². The maximum absolute atomic E-state index is 13.7. The lowest BCUT2D eigenvalue weighted by molar-refractivity contribution is 0.444. The monoisotopic (exact) mass is 315 g/mol. The minimum atomic E-state index is -3.36. The van der Waals surface area contributed by atoms with Crippen molar-refractivity contribution in [3.63, 3.8) is 0 Å². The summed E-state index contributed by atoms with van der Waals surface area (Å²) in [6.45, 7) is 0. The summed E-state index contributed by atoms with van der Waals surface area (Å²) < 4.78 is 41.8. The molecule has 0 saturated carbocycles. The number of hydrogen-bond acceptors (Lipinski definition) is 4. The third-order valence-corrected chi connectivity index (χ3v) is 3.95. The average molecular weight is 316 g/mol. The van der Waals surface area contributed by atoms with Crippen LogP contribution in [0.2, 0.25) is 5.02 Å². The molecule has 0 aromatic heterocycles.